The van der Waals surface area contributed by atoms with Crippen molar-refractivity contribution >= 4 is 6.08 Å². The van der Waals surface area contributed by atoms with Crippen LogP contribution in [0.2, 0.25) is 0 Å². The molecule has 0 amide bonds. The molecule has 88 valence electrons. The standard InChI is InChI=1S/C14H17N3/c1-11(12(2)15)10-13-4-6-14(7-5-13)17-9-3-8-16-17/h3-10,12H,15H2,1-2H3/b11-10+. The number of hydrogen-bond donors (Lipinski definition) is 1. The van der Waals surface area contributed by atoms with Crippen molar-refractivity contribution in [2.45, 2.75) is 19.9 Å². The number of nitrogens with zero attached hydrogens (tertiary/aromatic N) is 2. The Morgan fingerprint density at radius 1 is 1.35 bits per heavy atom. The first-order valence-corrected chi connectivity index (χ1v) is 5.70. The summed E-state index contributed by atoms with van der Waals surface area (Å²) in [5.41, 5.74) is 9.21. The molecule has 0 fully saturated rings. The van der Waals surface area contributed by atoms with Gasteiger partial charge in [-0.05, 0) is 37.6 Å². The predicted octanol–water partition coefficient (Wildman–Crippen LogP) is 2.62. The van der Waals surface area contributed by atoms with Gasteiger partial charge in [-0.15, -0.1) is 0 Å². The third-order valence-corrected chi connectivity index (χ3v) is 2.77. The highest BCUT2D eigenvalue weighted by Gasteiger charge is 1.98. The Balaban J connectivity index is 2.22. The van der Waals surface area contributed by atoms with Crippen molar-refractivity contribution in [3.8, 4) is 5.69 Å². The molecule has 3 nitrogen and oxygen atoms in total. The van der Waals surface area contributed by atoms with Crippen LogP contribution in [0.15, 0.2) is 48.3 Å². The molecule has 1 unspecified atom stereocenters. The smallest absolute Gasteiger partial charge is 0.0645 e. The lowest BCUT2D eigenvalue weighted by Gasteiger charge is -2.06. The molecule has 3 heteroatoms. The molecule has 0 spiro atoms. The summed E-state index contributed by atoms with van der Waals surface area (Å²) in [5, 5.41) is 4.19. The quantitative estimate of drug-likeness (QED) is 0.876. The van der Waals surface area contributed by atoms with Crippen LogP contribution in [-0.4, -0.2) is 15.8 Å². The number of hydrogen-bond acceptors (Lipinski definition) is 2. The van der Waals surface area contributed by atoms with Gasteiger partial charge in [0.1, 0.15) is 0 Å². The van der Waals surface area contributed by atoms with Crippen molar-refractivity contribution in [2.24, 2.45) is 5.73 Å². The van der Waals surface area contributed by atoms with E-state index in [-0.39, 0.29) is 6.04 Å². The second kappa shape index (κ2) is 4.97. The topological polar surface area (TPSA) is 43.8 Å². The lowest BCUT2D eigenvalue weighted by atomic mass is 10.1. The third kappa shape index (κ3) is 2.82. The zero-order valence-electron chi connectivity index (χ0n) is 10.2. The number of aromatic nitrogens is 2. The van der Waals surface area contributed by atoms with Crippen LogP contribution in [0.4, 0.5) is 0 Å². The third-order valence-electron chi connectivity index (χ3n) is 2.77. The van der Waals surface area contributed by atoms with Gasteiger partial charge in [-0.1, -0.05) is 23.8 Å². The highest BCUT2D eigenvalue weighted by Crippen LogP contribution is 2.12. The minimum absolute atomic E-state index is 0.0980. The first kappa shape index (κ1) is 11.6. The van der Waals surface area contributed by atoms with Crippen LogP contribution in [0.5, 0.6) is 0 Å². The van der Waals surface area contributed by atoms with E-state index in [4.69, 9.17) is 5.73 Å². The number of rotatable bonds is 3. The van der Waals surface area contributed by atoms with Gasteiger partial charge in [0.2, 0.25) is 0 Å². The fourth-order valence-electron chi connectivity index (χ4n) is 1.54. The minimum Gasteiger partial charge on any atom is -0.324 e. The Hall–Kier alpha value is -1.87. The molecule has 0 radical (unpaired) electrons. The van der Waals surface area contributed by atoms with Crippen LogP contribution in [0, 0.1) is 0 Å². The molecular weight excluding hydrogens is 210 g/mol. The Bertz CT molecular complexity index is 493. The Kier molecular flexibility index (Phi) is 3.40. The van der Waals surface area contributed by atoms with Crippen LogP contribution in [0.3, 0.4) is 0 Å². The molecule has 0 bridgehead atoms. The Morgan fingerprint density at radius 2 is 2.06 bits per heavy atom. The summed E-state index contributed by atoms with van der Waals surface area (Å²) in [6.07, 6.45) is 5.81. The maximum atomic E-state index is 5.81. The van der Waals surface area contributed by atoms with E-state index in [9.17, 15) is 0 Å². The summed E-state index contributed by atoms with van der Waals surface area (Å²) in [4.78, 5) is 0. The molecular formula is C14H17N3. The van der Waals surface area contributed by atoms with Crippen molar-refractivity contribution in [3.63, 3.8) is 0 Å². The Morgan fingerprint density at radius 3 is 2.59 bits per heavy atom. The van der Waals surface area contributed by atoms with E-state index in [0.717, 1.165) is 11.3 Å². The van der Waals surface area contributed by atoms with Crippen molar-refractivity contribution in [2.75, 3.05) is 0 Å². The van der Waals surface area contributed by atoms with Crippen molar-refractivity contribution in [1.29, 1.82) is 0 Å². The summed E-state index contributed by atoms with van der Waals surface area (Å²) in [6, 6.07) is 10.3. The van der Waals surface area contributed by atoms with Gasteiger partial charge in [0.25, 0.3) is 0 Å². The highest BCUT2D eigenvalue weighted by atomic mass is 15.3. The zero-order chi connectivity index (χ0) is 12.3. The van der Waals surface area contributed by atoms with Gasteiger partial charge in [-0.25, -0.2) is 4.68 Å². The lowest BCUT2D eigenvalue weighted by molar-refractivity contribution is 0.867. The summed E-state index contributed by atoms with van der Waals surface area (Å²) < 4.78 is 1.84. The molecule has 0 aliphatic rings. The van der Waals surface area contributed by atoms with Gasteiger partial charge in [0, 0.05) is 18.4 Å². The fraction of sp³-hybridized carbons (Fsp3) is 0.214. The first-order valence-electron chi connectivity index (χ1n) is 5.70. The maximum absolute atomic E-state index is 5.81. The van der Waals surface area contributed by atoms with Gasteiger partial charge in [-0.3, -0.25) is 0 Å². The summed E-state index contributed by atoms with van der Waals surface area (Å²) in [5.74, 6) is 0. The van der Waals surface area contributed by atoms with Crippen LogP contribution in [-0.2, 0) is 0 Å². The highest BCUT2D eigenvalue weighted by molar-refractivity contribution is 5.55. The Labute approximate surface area is 102 Å². The van der Waals surface area contributed by atoms with E-state index in [1.807, 2.05) is 42.9 Å². The molecule has 0 aliphatic heterocycles. The second-order valence-electron chi connectivity index (χ2n) is 4.22. The van der Waals surface area contributed by atoms with Crippen molar-refractivity contribution in [3.05, 3.63) is 53.9 Å². The van der Waals surface area contributed by atoms with E-state index in [1.165, 1.54) is 5.57 Å². The molecule has 0 saturated heterocycles. The van der Waals surface area contributed by atoms with E-state index >= 15 is 0 Å². The average Bonchev–Trinajstić information content (AvgIpc) is 2.83. The van der Waals surface area contributed by atoms with E-state index in [1.54, 1.807) is 6.20 Å². The van der Waals surface area contributed by atoms with Gasteiger partial charge in [0.05, 0.1) is 5.69 Å². The molecule has 17 heavy (non-hydrogen) atoms. The molecule has 1 aromatic carbocycles. The van der Waals surface area contributed by atoms with E-state index in [0.29, 0.717) is 0 Å². The maximum Gasteiger partial charge on any atom is 0.0645 e. The summed E-state index contributed by atoms with van der Waals surface area (Å²) in [6.45, 7) is 4.04. The zero-order valence-corrected chi connectivity index (χ0v) is 10.2. The largest absolute Gasteiger partial charge is 0.324 e. The van der Waals surface area contributed by atoms with E-state index in [2.05, 4.69) is 23.3 Å². The molecule has 0 saturated carbocycles. The number of nitrogens with two attached hydrogens (primary N) is 1. The van der Waals surface area contributed by atoms with Crippen molar-refractivity contribution < 1.29 is 0 Å². The minimum atomic E-state index is 0.0980. The first-order chi connectivity index (χ1) is 8.16. The van der Waals surface area contributed by atoms with Gasteiger partial charge >= 0.3 is 0 Å². The monoisotopic (exact) mass is 227 g/mol. The SMILES string of the molecule is C/C(=C\c1ccc(-n2cccn2)cc1)C(C)N. The van der Waals surface area contributed by atoms with E-state index < -0.39 is 0 Å². The van der Waals surface area contributed by atoms with Gasteiger partial charge in [-0.2, -0.15) is 5.10 Å². The summed E-state index contributed by atoms with van der Waals surface area (Å²) >= 11 is 0. The molecule has 0 aliphatic carbocycles. The van der Waals surface area contributed by atoms with Crippen LogP contribution >= 0.6 is 0 Å². The molecule has 2 aromatic rings. The molecule has 2 rings (SSSR count). The van der Waals surface area contributed by atoms with Crippen LogP contribution in [0.25, 0.3) is 11.8 Å². The van der Waals surface area contributed by atoms with Crippen LogP contribution in [0.1, 0.15) is 19.4 Å². The molecule has 1 aromatic heterocycles. The van der Waals surface area contributed by atoms with Crippen molar-refractivity contribution in [1.82, 2.24) is 9.78 Å². The molecule has 2 N–H and O–H groups in total. The predicted molar refractivity (Wildman–Crippen MR) is 70.9 cm³/mol. The van der Waals surface area contributed by atoms with Crippen LogP contribution < -0.4 is 5.73 Å². The molecule has 1 heterocycles. The lowest BCUT2D eigenvalue weighted by Crippen LogP contribution is -2.15. The van der Waals surface area contributed by atoms with Gasteiger partial charge < -0.3 is 5.73 Å². The average molecular weight is 227 g/mol. The summed E-state index contributed by atoms with van der Waals surface area (Å²) in [7, 11) is 0. The molecule has 1 atom stereocenters. The van der Waals surface area contributed by atoms with Gasteiger partial charge in [0.15, 0.2) is 0 Å². The number of benzene rings is 1. The fourth-order valence-corrected chi connectivity index (χ4v) is 1.54. The normalized spacial score (nSPS) is 13.7. The second-order valence-corrected chi connectivity index (χ2v) is 4.22.